The first-order valence-electron chi connectivity index (χ1n) is 5.44. The second-order valence-corrected chi connectivity index (χ2v) is 5.23. The lowest BCUT2D eigenvalue weighted by Crippen LogP contribution is -2.28. The first-order chi connectivity index (χ1) is 8.17. The molecular formula is C11H17N3O2S. The van der Waals surface area contributed by atoms with E-state index >= 15 is 0 Å². The summed E-state index contributed by atoms with van der Waals surface area (Å²) in [7, 11) is 0.926. The lowest BCUT2D eigenvalue weighted by Gasteiger charge is -2.05. The van der Waals surface area contributed by atoms with Crippen LogP contribution in [0.15, 0.2) is 18.3 Å². The van der Waals surface area contributed by atoms with Gasteiger partial charge < -0.3 is 10.6 Å². The molecule has 1 aromatic heterocycles. The van der Waals surface area contributed by atoms with E-state index in [1.165, 1.54) is 0 Å². The van der Waals surface area contributed by atoms with Crippen molar-refractivity contribution < 1.29 is 9.00 Å². The number of hydrogen-bond donors (Lipinski definition) is 2. The molecule has 1 rings (SSSR count). The first kappa shape index (κ1) is 13.6. The molecule has 1 heterocycles. The third kappa shape index (κ3) is 4.52. The van der Waals surface area contributed by atoms with Gasteiger partial charge in [0.15, 0.2) is 0 Å². The molecule has 0 spiro atoms. The van der Waals surface area contributed by atoms with E-state index < -0.39 is 10.8 Å². The van der Waals surface area contributed by atoms with E-state index in [4.69, 9.17) is 0 Å². The Bertz CT molecular complexity index is 409. The van der Waals surface area contributed by atoms with Gasteiger partial charge in [0, 0.05) is 47.8 Å². The first-order valence-corrected chi connectivity index (χ1v) is 6.93. The Hall–Kier alpha value is -1.43. The fourth-order valence-electron chi connectivity index (χ4n) is 1.22. The molecule has 94 valence electrons. The van der Waals surface area contributed by atoms with Gasteiger partial charge in [-0.1, -0.05) is 6.92 Å². The summed E-state index contributed by atoms with van der Waals surface area (Å²) >= 11 is 0. The number of rotatable bonds is 6. The van der Waals surface area contributed by atoms with Crippen LogP contribution in [-0.4, -0.2) is 40.2 Å². The van der Waals surface area contributed by atoms with Crippen molar-refractivity contribution in [3.63, 3.8) is 0 Å². The molecule has 0 bridgehead atoms. The van der Waals surface area contributed by atoms with Gasteiger partial charge in [-0.2, -0.15) is 0 Å². The van der Waals surface area contributed by atoms with Crippen LogP contribution in [-0.2, 0) is 10.8 Å². The van der Waals surface area contributed by atoms with Crippen LogP contribution in [0.5, 0.6) is 0 Å². The van der Waals surface area contributed by atoms with Crippen LogP contribution in [0.4, 0.5) is 5.69 Å². The number of carbonyl (C=O) groups is 1. The van der Waals surface area contributed by atoms with Crippen LogP contribution in [0, 0.1) is 0 Å². The van der Waals surface area contributed by atoms with Crippen LogP contribution in [0.25, 0.3) is 0 Å². The minimum absolute atomic E-state index is 0.241. The molecule has 0 aromatic carbocycles. The van der Waals surface area contributed by atoms with Gasteiger partial charge in [0.1, 0.15) is 5.69 Å². The second kappa shape index (κ2) is 7.01. The van der Waals surface area contributed by atoms with E-state index in [0.717, 1.165) is 5.69 Å². The van der Waals surface area contributed by atoms with Crippen LogP contribution < -0.4 is 10.6 Å². The lowest BCUT2D eigenvalue weighted by molar-refractivity contribution is 0.0951. The van der Waals surface area contributed by atoms with E-state index in [2.05, 4.69) is 15.6 Å². The molecule has 17 heavy (non-hydrogen) atoms. The van der Waals surface area contributed by atoms with Gasteiger partial charge >= 0.3 is 0 Å². The van der Waals surface area contributed by atoms with Gasteiger partial charge in [-0.05, 0) is 12.1 Å². The summed E-state index contributed by atoms with van der Waals surface area (Å²) in [5, 5.41) is 5.63. The monoisotopic (exact) mass is 255 g/mol. The minimum atomic E-state index is -0.853. The Morgan fingerprint density at radius 3 is 2.94 bits per heavy atom. The number of nitrogens with zero attached hydrogens (tertiary/aromatic N) is 1. The topological polar surface area (TPSA) is 71.1 Å². The fourth-order valence-corrected chi connectivity index (χ4v) is 1.84. The van der Waals surface area contributed by atoms with Crippen molar-refractivity contribution in [2.45, 2.75) is 6.92 Å². The van der Waals surface area contributed by atoms with E-state index in [-0.39, 0.29) is 5.91 Å². The number of pyridine rings is 1. The molecule has 1 unspecified atom stereocenters. The number of hydrogen-bond acceptors (Lipinski definition) is 4. The van der Waals surface area contributed by atoms with E-state index in [1.807, 2.05) is 6.92 Å². The molecule has 5 nitrogen and oxygen atoms in total. The predicted octanol–water partition coefficient (Wildman–Crippen LogP) is 0.622. The Balaban J connectivity index is 2.49. The van der Waals surface area contributed by atoms with Crippen molar-refractivity contribution in [2.24, 2.45) is 0 Å². The minimum Gasteiger partial charge on any atom is -0.388 e. The van der Waals surface area contributed by atoms with Gasteiger partial charge in [0.2, 0.25) is 0 Å². The number of amides is 1. The van der Waals surface area contributed by atoms with Gasteiger partial charge in [-0.15, -0.1) is 0 Å². The molecule has 1 aromatic rings. The summed E-state index contributed by atoms with van der Waals surface area (Å²) in [5.41, 5.74) is 1.20. The van der Waals surface area contributed by atoms with E-state index in [1.54, 1.807) is 25.4 Å². The van der Waals surface area contributed by atoms with Crippen LogP contribution in [0.1, 0.15) is 17.4 Å². The van der Waals surface area contributed by atoms with Gasteiger partial charge in [0.05, 0.1) is 0 Å². The summed E-state index contributed by atoms with van der Waals surface area (Å²) in [4.78, 5) is 15.7. The summed E-state index contributed by atoms with van der Waals surface area (Å²) in [6.45, 7) is 2.26. The molecule has 0 saturated heterocycles. The zero-order valence-corrected chi connectivity index (χ0v) is 10.8. The maximum Gasteiger partial charge on any atom is 0.269 e. The molecule has 0 fully saturated rings. The van der Waals surface area contributed by atoms with Crippen LogP contribution in [0.3, 0.4) is 0 Å². The Labute approximate surface area is 103 Å². The maximum atomic E-state index is 11.7. The Morgan fingerprint density at radius 2 is 2.29 bits per heavy atom. The van der Waals surface area contributed by atoms with Crippen molar-refractivity contribution in [1.82, 2.24) is 10.3 Å². The number of aromatic nitrogens is 1. The molecule has 0 aliphatic carbocycles. The van der Waals surface area contributed by atoms with E-state index in [9.17, 15) is 9.00 Å². The lowest BCUT2D eigenvalue weighted by atomic mass is 10.3. The average Bonchev–Trinajstić information content (AvgIpc) is 2.38. The van der Waals surface area contributed by atoms with Crippen molar-refractivity contribution in [3.05, 3.63) is 24.0 Å². The highest BCUT2D eigenvalue weighted by molar-refractivity contribution is 7.84. The van der Waals surface area contributed by atoms with Crippen molar-refractivity contribution in [3.8, 4) is 0 Å². The zero-order valence-electron chi connectivity index (χ0n) is 10.0. The number of nitrogens with one attached hydrogen (secondary N) is 2. The summed E-state index contributed by atoms with van der Waals surface area (Å²) in [6.07, 6.45) is 1.57. The van der Waals surface area contributed by atoms with Crippen LogP contribution in [0.2, 0.25) is 0 Å². The van der Waals surface area contributed by atoms with Crippen molar-refractivity contribution >= 4 is 22.4 Å². The summed E-state index contributed by atoms with van der Waals surface area (Å²) in [6, 6.07) is 3.45. The van der Waals surface area contributed by atoms with Crippen molar-refractivity contribution in [2.75, 3.05) is 30.4 Å². The highest BCUT2D eigenvalue weighted by Gasteiger charge is 2.07. The maximum absolute atomic E-state index is 11.7. The zero-order chi connectivity index (χ0) is 12.7. The molecule has 2 N–H and O–H groups in total. The average molecular weight is 255 g/mol. The fraction of sp³-hybridized carbons (Fsp3) is 0.455. The molecule has 0 aliphatic heterocycles. The molecule has 6 heteroatoms. The molecule has 1 atom stereocenters. The highest BCUT2D eigenvalue weighted by Crippen LogP contribution is 2.06. The standard InChI is InChI=1S/C11H17N3O2S/c1-3-17(16)7-6-14-11(15)10-8-9(12-2)4-5-13-10/h4-5,8H,3,6-7H2,1-2H3,(H,12,13)(H,14,15). The summed E-state index contributed by atoms with van der Waals surface area (Å²) in [5.74, 6) is 0.854. The van der Waals surface area contributed by atoms with E-state index in [0.29, 0.717) is 23.7 Å². The SMILES string of the molecule is CCS(=O)CCNC(=O)c1cc(NC)ccn1. The largest absolute Gasteiger partial charge is 0.388 e. The quantitative estimate of drug-likeness (QED) is 0.782. The second-order valence-electron chi connectivity index (χ2n) is 3.37. The Morgan fingerprint density at radius 1 is 1.53 bits per heavy atom. The van der Waals surface area contributed by atoms with Crippen molar-refractivity contribution in [1.29, 1.82) is 0 Å². The molecule has 1 amide bonds. The molecule has 0 aliphatic rings. The number of anilines is 1. The molecular weight excluding hydrogens is 238 g/mol. The third-order valence-electron chi connectivity index (χ3n) is 2.22. The Kier molecular flexibility index (Phi) is 5.62. The smallest absolute Gasteiger partial charge is 0.269 e. The van der Waals surface area contributed by atoms with Crippen LogP contribution >= 0.6 is 0 Å². The van der Waals surface area contributed by atoms with Gasteiger partial charge in [0.25, 0.3) is 5.91 Å². The molecule has 0 saturated carbocycles. The highest BCUT2D eigenvalue weighted by atomic mass is 32.2. The van der Waals surface area contributed by atoms with Gasteiger partial charge in [-0.25, -0.2) is 0 Å². The molecule has 0 radical (unpaired) electrons. The number of carbonyl (C=O) groups excluding carboxylic acids is 1. The van der Waals surface area contributed by atoms with Gasteiger partial charge in [-0.3, -0.25) is 14.0 Å². The normalized spacial score (nSPS) is 11.9. The predicted molar refractivity (Wildman–Crippen MR) is 69.7 cm³/mol. The third-order valence-corrected chi connectivity index (χ3v) is 3.52. The summed E-state index contributed by atoms with van der Waals surface area (Å²) < 4.78 is 11.2.